The normalized spacial score (nSPS) is 10.9. The Hall–Kier alpha value is -3.41. The Bertz CT molecular complexity index is 1030. The number of aryl methyl sites for hydroxylation is 1. The summed E-state index contributed by atoms with van der Waals surface area (Å²) in [5, 5.41) is 6.70. The molecular formula is C19H16N4O2. The monoisotopic (exact) mass is 332 g/mol. The Balaban J connectivity index is 1.48. The van der Waals surface area contributed by atoms with Crippen LogP contribution < -0.4 is 5.32 Å². The average Bonchev–Trinajstić information content (AvgIpc) is 3.21. The van der Waals surface area contributed by atoms with Crippen LogP contribution in [0.4, 0.5) is 5.69 Å². The Kier molecular flexibility index (Phi) is 3.78. The molecule has 0 saturated carbocycles. The van der Waals surface area contributed by atoms with Crippen LogP contribution in [0.1, 0.15) is 27.5 Å². The third kappa shape index (κ3) is 3.28. The highest BCUT2D eigenvalue weighted by Crippen LogP contribution is 2.14. The maximum Gasteiger partial charge on any atom is 0.277 e. The molecule has 0 radical (unpaired) electrons. The first kappa shape index (κ1) is 15.1. The third-order valence-electron chi connectivity index (χ3n) is 3.84. The summed E-state index contributed by atoms with van der Waals surface area (Å²) >= 11 is 0. The van der Waals surface area contributed by atoms with Crippen molar-refractivity contribution in [2.45, 2.75) is 13.3 Å². The molecule has 1 N–H and O–H groups in total. The van der Waals surface area contributed by atoms with Gasteiger partial charge in [-0.05, 0) is 24.6 Å². The molecule has 0 fully saturated rings. The molecule has 6 nitrogen and oxygen atoms in total. The molecule has 0 aliphatic carbocycles. The van der Waals surface area contributed by atoms with Crippen LogP contribution in [0, 0.1) is 6.92 Å². The van der Waals surface area contributed by atoms with Gasteiger partial charge in [0.2, 0.25) is 0 Å². The number of carbonyl (C=O) groups is 1. The number of benzene rings is 1. The fraction of sp³-hybridized carbons (Fsp3) is 0.105. The minimum atomic E-state index is -0.306. The number of hydrogen-bond donors (Lipinski definition) is 1. The molecule has 0 saturated heterocycles. The predicted molar refractivity (Wildman–Crippen MR) is 93.6 cm³/mol. The average molecular weight is 332 g/mol. The molecule has 0 aliphatic heterocycles. The second-order valence-electron chi connectivity index (χ2n) is 5.86. The fourth-order valence-electron chi connectivity index (χ4n) is 2.69. The SMILES string of the molecule is Cc1cn2cc(NC(=O)c3cc(Cc4ccccc4)on3)ccc2n1. The zero-order chi connectivity index (χ0) is 17.2. The molecule has 3 aromatic heterocycles. The molecule has 0 aliphatic rings. The van der Waals surface area contributed by atoms with Crippen LogP contribution in [-0.4, -0.2) is 20.4 Å². The van der Waals surface area contributed by atoms with Crippen LogP contribution in [0.25, 0.3) is 5.65 Å². The van der Waals surface area contributed by atoms with Gasteiger partial charge in [-0.3, -0.25) is 4.79 Å². The molecule has 0 unspecified atom stereocenters. The van der Waals surface area contributed by atoms with Crippen molar-refractivity contribution in [3.63, 3.8) is 0 Å². The second kappa shape index (κ2) is 6.24. The van der Waals surface area contributed by atoms with Crippen molar-refractivity contribution in [1.82, 2.24) is 14.5 Å². The molecule has 6 heteroatoms. The summed E-state index contributed by atoms with van der Waals surface area (Å²) in [4.78, 5) is 16.7. The van der Waals surface area contributed by atoms with Gasteiger partial charge in [-0.25, -0.2) is 4.98 Å². The molecule has 1 aromatic carbocycles. The van der Waals surface area contributed by atoms with Gasteiger partial charge in [-0.15, -0.1) is 0 Å². The van der Waals surface area contributed by atoms with Crippen molar-refractivity contribution in [2.24, 2.45) is 0 Å². The molecule has 1 amide bonds. The number of aromatic nitrogens is 3. The Morgan fingerprint density at radius 2 is 2.00 bits per heavy atom. The highest BCUT2D eigenvalue weighted by atomic mass is 16.5. The Morgan fingerprint density at radius 3 is 2.84 bits per heavy atom. The molecule has 3 heterocycles. The number of rotatable bonds is 4. The van der Waals surface area contributed by atoms with E-state index >= 15 is 0 Å². The first-order valence-electron chi connectivity index (χ1n) is 7.93. The van der Waals surface area contributed by atoms with E-state index in [1.165, 1.54) is 0 Å². The Morgan fingerprint density at radius 1 is 1.16 bits per heavy atom. The number of fused-ring (bicyclic) bond motifs is 1. The largest absolute Gasteiger partial charge is 0.360 e. The van der Waals surface area contributed by atoms with Gasteiger partial charge >= 0.3 is 0 Å². The van der Waals surface area contributed by atoms with E-state index in [1.807, 2.05) is 66.2 Å². The van der Waals surface area contributed by atoms with Gasteiger partial charge in [0.25, 0.3) is 5.91 Å². The van der Waals surface area contributed by atoms with Gasteiger partial charge < -0.3 is 14.2 Å². The van der Waals surface area contributed by atoms with Crippen molar-refractivity contribution in [2.75, 3.05) is 5.32 Å². The summed E-state index contributed by atoms with van der Waals surface area (Å²) in [5.74, 6) is 0.344. The summed E-state index contributed by atoms with van der Waals surface area (Å²) < 4.78 is 7.14. The van der Waals surface area contributed by atoms with Gasteiger partial charge in [0.05, 0.1) is 11.4 Å². The van der Waals surface area contributed by atoms with Crippen LogP contribution in [0.5, 0.6) is 0 Å². The number of nitrogens with zero attached hydrogens (tertiary/aromatic N) is 3. The van der Waals surface area contributed by atoms with Crippen molar-refractivity contribution >= 4 is 17.2 Å². The number of amides is 1. The first-order valence-corrected chi connectivity index (χ1v) is 7.93. The van der Waals surface area contributed by atoms with E-state index in [0.29, 0.717) is 17.9 Å². The molecular weight excluding hydrogens is 316 g/mol. The van der Waals surface area contributed by atoms with E-state index < -0.39 is 0 Å². The lowest BCUT2D eigenvalue weighted by atomic mass is 10.1. The van der Waals surface area contributed by atoms with Crippen molar-refractivity contribution in [1.29, 1.82) is 0 Å². The highest BCUT2D eigenvalue weighted by Gasteiger charge is 2.13. The zero-order valence-electron chi connectivity index (χ0n) is 13.6. The topological polar surface area (TPSA) is 72.4 Å². The number of carbonyl (C=O) groups excluding carboxylic acids is 1. The van der Waals surface area contributed by atoms with E-state index in [4.69, 9.17) is 4.52 Å². The fourth-order valence-corrected chi connectivity index (χ4v) is 2.69. The number of imidazole rings is 1. The lowest BCUT2D eigenvalue weighted by Gasteiger charge is -2.03. The molecule has 4 aromatic rings. The van der Waals surface area contributed by atoms with Crippen LogP contribution in [0.2, 0.25) is 0 Å². The molecule has 0 spiro atoms. The van der Waals surface area contributed by atoms with E-state index in [1.54, 1.807) is 6.07 Å². The number of hydrogen-bond acceptors (Lipinski definition) is 4. The van der Waals surface area contributed by atoms with Crippen LogP contribution in [0.3, 0.4) is 0 Å². The van der Waals surface area contributed by atoms with Crippen LogP contribution in [0.15, 0.2) is 65.4 Å². The highest BCUT2D eigenvalue weighted by molar-refractivity contribution is 6.02. The lowest BCUT2D eigenvalue weighted by molar-refractivity contribution is 0.101. The first-order chi connectivity index (χ1) is 12.2. The van der Waals surface area contributed by atoms with Gasteiger partial charge in [0.1, 0.15) is 11.4 Å². The summed E-state index contributed by atoms with van der Waals surface area (Å²) in [7, 11) is 0. The maximum atomic E-state index is 12.4. The minimum absolute atomic E-state index is 0.257. The Labute approximate surface area is 144 Å². The number of anilines is 1. The summed E-state index contributed by atoms with van der Waals surface area (Å²) in [6.45, 7) is 1.93. The van der Waals surface area contributed by atoms with Crippen LogP contribution >= 0.6 is 0 Å². The van der Waals surface area contributed by atoms with E-state index in [2.05, 4.69) is 15.5 Å². The third-order valence-corrected chi connectivity index (χ3v) is 3.84. The minimum Gasteiger partial charge on any atom is -0.360 e. The van der Waals surface area contributed by atoms with Crippen LogP contribution in [-0.2, 0) is 6.42 Å². The molecule has 25 heavy (non-hydrogen) atoms. The van der Waals surface area contributed by atoms with Crippen molar-refractivity contribution < 1.29 is 9.32 Å². The summed E-state index contributed by atoms with van der Waals surface area (Å²) in [6.07, 6.45) is 4.32. The van der Waals surface area contributed by atoms with E-state index in [9.17, 15) is 4.79 Å². The predicted octanol–water partition coefficient (Wildman–Crippen LogP) is 3.47. The van der Waals surface area contributed by atoms with Crippen molar-refractivity contribution in [3.8, 4) is 0 Å². The molecule has 0 bridgehead atoms. The van der Waals surface area contributed by atoms with Gasteiger partial charge in [-0.1, -0.05) is 35.5 Å². The molecule has 0 atom stereocenters. The molecule has 124 valence electrons. The maximum absolute atomic E-state index is 12.4. The van der Waals surface area contributed by atoms with Gasteiger partial charge in [0.15, 0.2) is 5.69 Å². The smallest absolute Gasteiger partial charge is 0.277 e. The standard InChI is InChI=1S/C19H16N4O2/c1-13-11-23-12-15(7-8-18(23)20-13)21-19(24)17-10-16(25-22-17)9-14-5-3-2-4-6-14/h2-8,10-12H,9H2,1H3,(H,21,24). The van der Waals surface area contributed by atoms with E-state index in [0.717, 1.165) is 16.9 Å². The number of pyridine rings is 1. The summed E-state index contributed by atoms with van der Waals surface area (Å²) in [5.41, 5.74) is 3.79. The lowest BCUT2D eigenvalue weighted by Crippen LogP contribution is -2.12. The number of nitrogens with one attached hydrogen (secondary N) is 1. The quantitative estimate of drug-likeness (QED) is 0.621. The molecule has 4 rings (SSSR count). The van der Waals surface area contributed by atoms with E-state index in [-0.39, 0.29) is 11.6 Å². The van der Waals surface area contributed by atoms with Gasteiger partial charge in [-0.2, -0.15) is 0 Å². The summed E-state index contributed by atoms with van der Waals surface area (Å²) in [6, 6.07) is 15.2. The second-order valence-corrected chi connectivity index (χ2v) is 5.86. The van der Waals surface area contributed by atoms with Gasteiger partial charge in [0, 0.05) is 24.9 Å². The zero-order valence-corrected chi connectivity index (χ0v) is 13.6. The van der Waals surface area contributed by atoms with Crippen molar-refractivity contribution in [3.05, 3.63) is 83.6 Å².